The molecule has 130 valence electrons. The highest BCUT2D eigenvalue weighted by atomic mass is 32.2. The zero-order valence-corrected chi connectivity index (χ0v) is 13.1. The molecule has 1 heterocycles. The van der Waals surface area contributed by atoms with Gasteiger partial charge in [-0.3, -0.25) is 4.79 Å². The van der Waals surface area contributed by atoms with E-state index in [0.717, 1.165) is 31.4 Å². The third-order valence-corrected chi connectivity index (χ3v) is 4.09. The van der Waals surface area contributed by atoms with E-state index >= 15 is 0 Å². The minimum Gasteiger partial charge on any atom is -0.464 e. The van der Waals surface area contributed by atoms with Crippen molar-refractivity contribution in [1.29, 1.82) is 0 Å². The first-order valence-electron chi connectivity index (χ1n) is 6.21. The lowest BCUT2D eigenvalue weighted by Gasteiger charge is -2.13. The van der Waals surface area contributed by atoms with Crippen molar-refractivity contribution in [3.05, 3.63) is 40.2 Å². The zero-order chi connectivity index (χ0) is 18.3. The quantitative estimate of drug-likeness (QED) is 0.466. The molecule has 11 heteroatoms. The van der Waals surface area contributed by atoms with E-state index in [4.69, 9.17) is 0 Å². The third kappa shape index (κ3) is 3.07. The monoisotopic (exact) mass is 365 g/mol. The zero-order valence-electron chi connectivity index (χ0n) is 12.2. The molecule has 0 fully saturated rings. The topological polar surface area (TPSA) is 91.7 Å². The maximum Gasteiger partial charge on any atom is 0.534 e. The lowest BCUT2D eigenvalue weighted by atomic mass is 10.1. The van der Waals surface area contributed by atoms with Crippen molar-refractivity contribution in [2.75, 3.05) is 7.11 Å². The van der Waals surface area contributed by atoms with E-state index in [1.807, 2.05) is 0 Å². The Morgan fingerprint density at radius 1 is 1.21 bits per heavy atom. The summed E-state index contributed by atoms with van der Waals surface area (Å²) in [5, 5.41) is 0.0573. The molecule has 0 unspecified atom stereocenters. The second-order valence-electron chi connectivity index (χ2n) is 4.61. The molecule has 0 aliphatic carbocycles. The second kappa shape index (κ2) is 5.82. The van der Waals surface area contributed by atoms with E-state index in [1.165, 1.54) is 11.6 Å². The van der Waals surface area contributed by atoms with Gasteiger partial charge >= 0.3 is 21.6 Å². The highest BCUT2D eigenvalue weighted by Gasteiger charge is 2.48. The molecule has 2 aromatic rings. The summed E-state index contributed by atoms with van der Waals surface area (Å²) in [5.41, 5.74) is -6.35. The largest absolute Gasteiger partial charge is 0.534 e. The Hall–Kier alpha value is -2.56. The number of carbonyl (C=O) groups excluding carboxylic acids is 1. The standard InChI is InChI=1S/C13H10F3NO6S/c1-17-9-5-7(23-24(20,21)13(14,15)16)3-4-8(9)11(18)6-10(17)12(19)22-2/h3-6H,1-2H3. The molecule has 1 aromatic heterocycles. The van der Waals surface area contributed by atoms with Crippen LogP contribution in [0.4, 0.5) is 13.2 Å². The van der Waals surface area contributed by atoms with Crippen molar-refractivity contribution in [1.82, 2.24) is 4.57 Å². The van der Waals surface area contributed by atoms with Crippen LogP contribution in [0.2, 0.25) is 0 Å². The number of aryl methyl sites for hydroxylation is 1. The molecule has 24 heavy (non-hydrogen) atoms. The number of benzene rings is 1. The number of fused-ring (bicyclic) bond motifs is 1. The van der Waals surface area contributed by atoms with E-state index in [9.17, 15) is 31.2 Å². The fourth-order valence-electron chi connectivity index (χ4n) is 1.95. The molecular weight excluding hydrogens is 355 g/mol. The van der Waals surface area contributed by atoms with Gasteiger partial charge < -0.3 is 13.5 Å². The highest BCUT2D eigenvalue weighted by molar-refractivity contribution is 7.88. The molecule has 2 rings (SSSR count). The number of hydrogen-bond acceptors (Lipinski definition) is 6. The van der Waals surface area contributed by atoms with Crippen molar-refractivity contribution in [2.24, 2.45) is 7.05 Å². The average Bonchev–Trinajstić information content (AvgIpc) is 2.48. The fraction of sp³-hybridized carbons (Fsp3) is 0.231. The number of rotatable bonds is 3. The molecule has 1 aromatic carbocycles. The van der Waals surface area contributed by atoms with Gasteiger partial charge in [-0.25, -0.2) is 4.79 Å². The summed E-state index contributed by atoms with van der Waals surface area (Å²) in [6.07, 6.45) is 0. The first kappa shape index (κ1) is 17.8. The van der Waals surface area contributed by atoms with Gasteiger partial charge in [0.2, 0.25) is 0 Å². The summed E-state index contributed by atoms with van der Waals surface area (Å²) in [6, 6.07) is 3.92. The Labute approximate surface area is 133 Å². The number of nitrogens with zero attached hydrogens (tertiary/aromatic N) is 1. The Balaban J connectivity index is 2.64. The number of halogens is 3. The SMILES string of the molecule is COC(=O)c1cc(=O)c2ccc(OS(=O)(=O)C(F)(F)F)cc2n1C. The molecule has 7 nitrogen and oxygen atoms in total. The van der Waals surface area contributed by atoms with Crippen molar-refractivity contribution in [3.8, 4) is 5.75 Å². The number of carbonyl (C=O) groups is 1. The third-order valence-electron chi connectivity index (χ3n) is 3.11. The summed E-state index contributed by atoms with van der Waals surface area (Å²) in [4.78, 5) is 23.6. The Bertz CT molecular complexity index is 978. The molecule has 0 radical (unpaired) electrons. The molecule has 0 atom stereocenters. The molecule has 0 saturated heterocycles. The maximum absolute atomic E-state index is 12.4. The molecular formula is C13H10F3NO6S. The normalized spacial score (nSPS) is 12.2. The van der Waals surface area contributed by atoms with Crippen LogP contribution >= 0.6 is 0 Å². The molecule has 0 aliphatic heterocycles. The maximum atomic E-state index is 12.4. The Morgan fingerprint density at radius 3 is 2.38 bits per heavy atom. The number of pyridine rings is 1. The van der Waals surface area contributed by atoms with Gasteiger partial charge in [0.1, 0.15) is 11.4 Å². The molecule has 0 aliphatic rings. The van der Waals surface area contributed by atoms with Crippen LogP contribution in [-0.4, -0.2) is 31.6 Å². The summed E-state index contributed by atoms with van der Waals surface area (Å²) in [6.45, 7) is 0. The van der Waals surface area contributed by atoms with E-state index in [1.54, 1.807) is 0 Å². The van der Waals surface area contributed by atoms with E-state index in [2.05, 4.69) is 8.92 Å². The van der Waals surface area contributed by atoms with Crippen LogP contribution in [0, 0.1) is 0 Å². The predicted octanol–water partition coefficient (Wildman–Crippen LogP) is 1.55. The minimum atomic E-state index is -5.85. The van der Waals surface area contributed by atoms with Crippen LogP contribution in [0.15, 0.2) is 29.1 Å². The van der Waals surface area contributed by atoms with Gasteiger partial charge in [-0.2, -0.15) is 21.6 Å². The van der Waals surface area contributed by atoms with E-state index in [0.29, 0.717) is 0 Å². The number of methoxy groups -OCH3 is 1. The van der Waals surface area contributed by atoms with Crippen LogP contribution in [0.1, 0.15) is 10.5 Å². The predicted molar refractivity (Wildman–Crippen MR) is 76.1 cm³/mol. The molecule has 0 amide bonds. The first-order valence-corrected chi connectivity index (χ1v) is 7.61. The molecule has 0 N–H and O–H groups in total. The van der Waals surface area contributed by atoms with Crippen LogP contribution < -0.4 is 9.61 Å². The van der Waals surface area contributed by atoms with E-state index < -0.39 is 32.8 Å². The fourth-order valence-corrected chi connectivity index (χ4v) is 2.40. The van der Waals surface area contributed by atoms with Gasteiger partial charge in [-0.15, -0.1) is 0 Å². The summed E-state index contributed by atoms with van der Waals surface area (Å²) in [5.74, 6) is -1.50. The lowest BCUT2D eigenvalue weighted by molar-refractivity contribution is -0.0500. The summed E-state index contributed by atoms with van der Waals surface area (Å²) >= 11 is 0. The van der Waals surface area contributed by atoms with Crippen molar-refractivity contribution < 1.29 is 35.3 Å². The van der Waals surface area contributed by atoms with Gasteiger partial charge in [-0.05, 0) is 12.1 Å². The smallest absolute Gasteiger partial charge is 0.464 e. The summed E-state index contributed by atoms with van der Waals surface area (Å²) in [7, 11) is -3.41. The second-order valence-corrected chi connectivity index (χ2v) is 6.14. The molecule has 0 bridgehead atoms. The number of ether oxygens (including phenoxy) is 1. The van der Waals surface area contributed by atoms with Crippen LogP contribution in [0.25, 0.3) is 10.9 Å². The van der Waals surface area contributed by atoms with Crippen LogP contribution in [0.5, 0.6) is 5.75 Å². The Kier molecular flexibility index (Phi) is 4.31. The number of aromatic nitrogens is 1. The highest BCUT2D eigenvalue weighted by Crippen LogP contribution is 2.28. The van der Waals surface area contributed by atoms with Gasteiger partial charge in [0.25, 0.3) is 0 Å². The van der Waals surface area contributed by atoms with Crippen molar-refractivity contribution in [3.63, 3.8) is 0 Å². The van der Waals surface area contributed by atoms with Crippen LogP contribution in [-0.2, 0) is 21.9 Å². The molecule has 0 spiro atoms. The summed E-state index contributed by atoms with van der Waals surface area (Å²) < 4.78 is 68.9. The van der Waals surface area contributed by atoms with E-state index in [-0.39, 0.29) is 16.6 Å². The van der Waals surface area contributed by atoms with Gasteiger partial charge in [0.05, 0.1) is 12.6 Å². The average molecular weight is 365 g/mol. The van der Waals surface area contributed by atoms with Gasteiger partial charge in [0, 0.05) is 24.6 Å². The molecule has 0 saturated carbocycles. The minimum absolute atomic E-state index is 0.00206. The Morgan fingerprint density at radius 2 is 1.83 bits per heavy atom. The number of hydrogen-bond donors (Lipinski definition) is 0. The van der Waals surface area contributed by atoms with Crippen molar-refractivity contribution in [2.45, 2.75) is 5.51 Å². The lowest BCUT2D eigenvalue weighted by Crippen LogP contribution is -2.28. The van der Waals surface area contributed by atoms with Gasteiger partial charge in [0.15, 0.2) is 5.43 Å². The number of esters is 1. The first-order chi connectivity index (χ1) is 11.0. The van der Waals surface area contributed by atoms with Crippen LogP contribution in [0.3, 0.4) is 0 Å². The van der Waals surface area contributed by atoms with Crippen molar-refractivity contribution >= 4 is 27.0 Å². The number of alkyl halides is 3. The van der Waals surface area contributed by atoms with Gasteiger partial charge in [-0.1, -0.05) is 0 Å².